The van der Waals surface area contributed by atoms with E-state index in [0.717, 1.165) is 0 Å². The van der Waals surface area contributed by atoms with Crippen molar-refractivity contribution in [3.05, 3.63) is 0 Å². The van der Waals surface area contributed by atoms with Gasteiger partial charge in [0.1, 0.15) is 13.6 Å². The minimum atomic E-state index is -4.67. The Morgan fingerprint density at radius 3 is 1.30 bits per heavy atom. The molecular formula is C2H8O7S. The van der Waals surface area contributed by atoms with Gasteiger partial charge in [-0.1, -0.05) is 0 Å². The third kappa shape index (κ3) is 115. The van der Waals surface area contributed by atoms with Gasteiger partial charge in [0.15, 0.2) is 0 Å². The zero-order chi connectivity index (χ0) is 8.62. The topological polar surface area (TPSA) is 124 Å². The number of aliphatic hydroxyl groups excluding tert-OH is 2. The molecule has 10 heavy (non-hydrogen) atoms. The third-order valence-electron chi connectivity index (χ3n) is 0.183. The van der Waals surface area contributed by atoms with Crippen LogP contribution in [-0.4, -0.2) is 41.3 Å². The molecule has 64 valence electrons. The van der Waals surface area contributed by atoms with E-state index in [1.807, 2.05) is 0 Å². The molecule has 0 atom stereocenters. The lowest BCUT2D eigenvalue weighted by Crippen LogP contribution is -1.91. The van der Waals surface area contributed by atoms with E-state index in [9.17, 15) is 0 Å². The molecule has 0 saturated carbocycles. The van der Waals surface area contributed by atoms with Crippen LogP contribution < -0.4 is 0 Å². The molecule has 0 saturated heterocycles. The van der Waals surface area contributed by atoms with Crippen LogP contribution >= 0.6 is 0 Å². The molecule has 0 aliphatic heterocycles. The van der Waals surface area contributed by atoms with Gasteiger partial charge in [-0.25, -0.2) is 0 Å². The van der Waals surface area contributed by atoms with Gasteiger partial charge in [-0.2, -0.15) is 8.42 Å². The maximum absolute atomic E-state index is 8.74. The zero-order valence-corrected chi connectivity index (χ0v) is 5.65. The molecule has 0 aromatic carbocycles. The molecule has 0 radical (unpaired) electrons. The maximum Gasteiger partial charge on any atom is 0.394 e. The quantitative estimate of drug-likeness (QED) is 0.290. The summed E-state index contributed by atoms with van der Waals surface area (Å²) in [5.41, 5.74) is 0. The lowest BCUT2D eigenvalue weighted by Gasteiger charge is -1.85. The first kappa shape index (κ1) is 12.4. The van der Waals surface area contributed by atoms with Crippen molar-refractivity contribution >= 4 is 10.4 Å². The van der Waals surface area contributed by atoms with Crippen molar-refractivity contribution in [3.63, 3.8) is 0 Å². The second kappa shape index (κ2) is 6.86. The Morgan fingerprint density at radius 2 is 1.30 bits per heavy atom. The molecule has 0 amide bonds. The standard InChI is InChI=1S/C2H6O3.H2O4S/c3-1-5-2-4;1-5(2,3)4/h3-4H,1-2H2;(H2,1,2,3,4). The fourth-order valence-corrected chi connectivity index (χ4v) is 0.0408. The summed E-state index contributed by atoms with van der Waals surface area (Å²) in [5, 5.41) is 15.4. The summed E-state index contributed by atoms with van der Waals surface area (Å²) >= 11 is 0. The van der Waals surface area contributed by atoms with E-state index in [1.54, 1.807) is 0 Å². The predicted octanol–water partition coefficient (Wildman–Crippen LogP) is -1.75. The molecule has 4 N–H and O–H groups in total. The number of hydrogen-bond donors (Lipinski definition) is 4. The predicted molar refractivity (Wildman–Crippen MR) is 29.4 cm³/mol. The van der Waals surface area contributed by atoms with Gasteiger partial charge in [0.05, 0.1) is 0 Å². The van der Waals surface area contributed by atoms with Gasteiger partial charge in [0.25, 0.3) is 0 Å². The van der Waals surface area contributed by atoms with Gasteiger partial charge in [-0.15, -0.1) is 0 Å². The molecular weight excluding hydrogens is 168 g/mol. The van der Waals surface area contributed by atoms with E-state index in [-0.39, 0.29) is 0 Å². The van der Waals surface area contributed by atoms with Crippen LogP contribution in [0.5, 0.6) is 0 Å². The number of aliphatic hydroxyl groups is 2. The monoisotopic (exact) mass is 176 g/mol. The SMILES string of the molecule is O=S(=O)(O)O.OCOCO. The molecule has 0 rings (SSSR count). The smallest absolute Gasteiger partial charge is 0.371 e. The Bertz CT molecular complexity index is 126. The normalized spacial score (nSPS) is 10.0. The Morgan fingerprint density at radius 1 is 1.10 bits per heavy atom. The van der Waals surface area contributed by atoms with Crippen LogP contribution in [0, 0.1) is 0 Å². The van der Waals surface area contributed by atoms with Gasteiger partial charge in [-0.05, 0) is 0 Å². The first-order valence-corrected chi connectivity index (χ1v) is 3.31. The van der Waals surface area contributed by atoms with Crippen molar-refractivity contribution in [2.75, 3.05) is 13.6 Å². The maximum atomic E-state index is 8.74. The average Bonchev–Trinajstić information content (AvgIpc) is 1.63. The van der Waals surface area contributed by atoms with E-state index in [4.69, 9.17) is 27.7 Å². The fraction of sp³-hybridized carbons (Fsp3) is 1.00. The second-order valence-corrected chi connectivity index (χ2v) is 1.81. The van der Waals surface area contributed by atoms with E-state index in [1.165, 1.54) is 0 Å². The molecule has 0 bridgehead atoms. The van der Waals surface area contributed by atoms with Gasteiger partial charge >= 0.3 is 10.4 Å². The molecule has 0 heterocycles. The molecule has 0 aliphatic rings. The van der Waals surface area contributed by atoms with Crippen LogP contribution in [0.3, 0.4) is 0 Å². The lowest BCUT2D eigenvalue weighted by molar-refractivity contribution is -0.0763. The zero-order valence-electron chi connectivity index (χ0n) is 4.84. The van der Waals surface area contributed by atoms with Gasteiger partial charge < -0.3 is 14.9 Å². The fourth-order valence-electron chi connectivity index (χ4n) is 0.0408. The van der Waals surface area contributed by atoms with E-state index in [2.05, 4.69) is 4.74 Å². The first-order chi connectivity index (χ1) is 4.41. The highest BCUT2D eigenvalue weighted by Crippen LogP contribution is 1.59. The van der Waals surface area contributed by atoms with E-state index < -0.39 is 24.0 Å². The van der Waals surface area contributed by atoms with E-state index >= 15 is 0 Å². The van der Waals surface area contributed by atoms with Crippen molar-refractivity contribution in [3.8, 4) is 0 Å². The highest BCUT2D eigenvalue weighted by Gasteiger charge is 1.84. The van der Waals surface area contributed by atoms with Crippen molar-refractivity contribution in [1.29, 1.82) is 0 Å². The molecule has 8 heteroatoms. The minimum absolute atomic E-state index is 0.406. The Labute approximate surface area is 57.4 Å². The summed E-state index contributed by atoms with van der Waals surface area (Å²) in [6, 6.07) is 0. The lowest BCUT2D eigenvalue weighted by atomic mass is 11.4. The summed E-state index contributed by atoms with van der Waals surface area (Å²) in [6.45, 7) is -0.812. The summed E-state index contributed by atoms with van der Waals surface area (Å²) in [7, 11) is -4.67. The molecule has 0 aromatic heterocycles. The summed E-state index contributed by atoms with van der Waals surface area (Å²) in [4.78, 5) is 0. The van der Waals surface area contributed by atoms with Crippen LogP contribution in [0.25, 0.3) is 0 Å². The highest BCUT2D eigenvalue weighted by atomic mass is 32.3. The first-order valence-electron chi connectivity index (χ1n) is 1.91. The number of ether oxygens (including phenoxy) is 1. The van der Waals surface area contributed by atoms with Gasteiger partial charge in [-0.3, -0.25) is 9.11 Å². The summed E-state index contributed by atoms with van der Waals surface area (Å²) in [6.07, 6.45) is 0. The van der Waals surface area contributed by atoms with Gasteiger partial charge in [0.2, 0.25) is 0 Å². The summed E-state index contributed by atoms with van der Waals surface area (Å²) in [5.74, 6) is 0. The second-order valence-electron chi connectivity index (χ2n) is 0.910. The molecule has 0 aliphatic carbocycles. The van der Waals surface area contributed by atoms with Crippen LogP contribution in [0.15, 0.2) is 0 Å². The Balaban J connectivity index is 0. The van der Waals surface area contributed by atoms with Crippen LogP contribution in [0.1, 0.15) is 0 Å². The Kier molecular flexibility index (Phi) is 8.53. The van der Waals surface area contributed by atoms with Crippen LogP contribution in [0.4, 0.5) is 0 Å². The third-order valence-corrected chi connectivity index (χ3v) is 0.183. The molecule has 7 nitrogen and oxygen atoms in total. The Hall–Kier alpha value is -0.250. The summed E-state index contributed by atoms with van der Waals surface area (Å²) < 4.78 is 35.5. The van der Waals surface area contributed by atoms with Crippen molar-refractivity contribution in [2.24, 2.45) is 0 Å². The molecule has 0 unspecified atom stereocenters. The largest absolute Gasteiger partial charge is 0.394 e. The van der Waals surface area contributed by atoms with Crippen LogP contribution in [0.2, 0.25) is 0 Å². The molecule has 0 aromatic rings. The number of rotatable bonds is 2. The average molecular weight is 176 g/mol. The van der Waals surface area contributed by atoms with E-state index in [0.29, 0.717) is 0 Å². The minimum Gasteiger partial charge on any atom is -0.371 e. The van der Waals surface area contributed by atoms with Gasteiger partial charge in [0, 0.05) is 0 Å². The highest BCUT2D eigenvalue weighted by molar-refractivity contribution is 7.79. The van der Waals surface area contributed by atoms with Crippen molar-refractivity contribution < 1.29 is 32.5 Å². The van der Waals surface area contributed by atoms with Crippen molar-refractivity contribution in [2.45, 2.75) is 0 Å². The number of hydrogen-bond acceptors (Lipinski definition) is 5. The van der Waals surface area contributed by atoms with Crippen molar-refractivity contribution in [1.82, 2.24) is 0 Å². The van der Waals surface area contributed by atoms with Crippen LogP contribution in [-0.2, 0) is 15.1 Å². The molecule has 0 fully saturated rings. The molecule has 0 spiro atoms.